The third kappa shape index (κ3) is 4.89. The third-order valence-electron chi connectivity index (χ3n) is 2.43. The van der Waals surface area contributed by atoms with Crippen LogP contribution in [0, 0.1) is 5.92 Å². The summed E-state index contributed by atoms with van der Waals surface area (Å²) in [6, 6.07) is 7.22. The summed E-state index contributed by atoms with van der Waals surface area (Å²) in [4.78, 5) is 11.7. The maximum atomic E-state index is 11.7. The molecule has 0 aliphatic rings. The highest BCUT2D eigenvalue weighted by molar-refractivity contribution is 5.94. The SMILES string of the molecule is CCOc1ccc(C(=O)NCCC(C)C)cc1. The van der Waals surface area contributed by atoms with E-state index in [1.54, 1.807) is 12.1 Å². The maximum absolute atomic E-state index is 11.7. The van der Waals surface area contributed by atoms with Crippen molar-refractivity contribution < 1.29 is 9.53 Å². The molecule has 0 atom stereocenters. The molecule has 0 saturated carbocycles. The number of hydrogen-bond acceptors (Lipinski definition) is 2. The Morgan fingerprint density at radius 1 is 1.29 bits per heavy atom. The fourth-order valence-electron chi connectivity index (χ4n) is 1.45. The quantitative estimate of drug-likeness (QED) is 0.823. The lowest BCUT2D eigenvalue weighted by atomic mass is 10.1. The van der Waals surface area contributed by atoms with Crippen molar-refractivity contribution in [3.63, 3.8) is 0 Å². The van der Waals surface area contributed by atoms with Crippen LogP contribution in [0.25, 0.3) is 0 Å². The average Bonchev–Trinajstić information content (AvgIpc) is 2.30. The smallest absolute Gasteiger partial charge is 0.251 e. The van der Waals surface area contributed by atoms with E-state index < -0.39 is 0 Å². The number of carbonyl (C=O) groups is 1. The topological polar surface area (TPSA) is 38.3 Å². The lowest BCUT2D eigenvalue weighted by Crippen LogP contribution is -2.25. The zero-order chi connectivity index (χ0) is 12.7. The van der Waals surface area contributed by atoms with Gasteiger partial charge in [-0.3, -0.25) is 4.79 Å². The zero-order valence-electron chi connectivity index (χ0n) is 10.8. The molecule has 0 radical (unpaired) electrons. The van der Waals surface area contributed by atoms with Gasteiger partial charge in [0.25, 0.3) is 5.91 Å². The van der Waals surface area contributed by atoms with Crippen molar-refractivity contribution in [2.75, 3.05) is 13.2 Å². The molecule has 94 valence electrons. The van der Waals surface area contributed by atoms with Gasteiger partial charge in [0.2, 0.25) is 0 Å². The number of carbonyl (C=O) groups excluding carboxylic acids is 1. The number of hydrogen-bond donors (Lipinski definition) is 1. The van der Waals surface area contributed by atoms with E-state index in [0.717, 1.165) is 18.7 Å². The summed E-state index contributed by atoms with van der Waals surface area (Å²) < 4.78 is 5.32. The summed E-state index contributed by atoms with van der Waals surface area (Å²) in [5.41, 5.74) is 0.678. The number of benzene rings is 1. The molecular formula is C14H21NO2. The molecule has 0 bridgehead atoms. The molecule has 1 aromatic carbocycles. The molecule has 0 unspecified atom stereocenters. The van der Waals surface area contributed by atoms with Crippen LogP contribution < -0.4 is 10.1 Å². The van der Waals surface area contributed by atoms with Crippen molar-refractivity contribution in [3.8, 4) is 5.75 Å². The second-order valence-corrected chi connectivity index (χ2v) is 4.40. The van der Waals surface area contributed by atoms with Gasteiger partial charge in [-0.1, -0.05) is 13.8 Å². The Morgan fingerprint density at radius 3 is 2.47 bits per heavy atom. The summed E-state index contributed by atoms with van der Waals surface area (Å²) >= 11 is 0. The van der Waals surface area contributed by atoms with Crippen LogP contribution in [0.3, 0.4) is 0 Å². The highest BCUT2D eigenvalue weighted by Gasteiger charge is 2.05. The standard InChI is InChI=1S/C14H21NO2/c1-4-17-13-7-5-12(6-8-13)14(16)15-10-9-11(2)3/h5-8,11H,4,9-10H2,1-3H3,(H,15,16). The molecule has 0 spiro atoms. The van der Waals surface area contributed by atoms with Crippen LogP contribution >= 0.6 is 0 Å². The molecular weight excluding hydrogens is 214 g/mol. The second-order valence-electron chi connectivity index (χ2n) is 4.40. The molecule has 1 amide bonds. The monoisotopic (exact) mass is 235 g/mol. The summed E-state index contributed by atoms with van der Waals surface area (Å²) in [6.07, 6.45) is 1.00. The largest absolute Gasteiger partial charge is 0.494 e. The number of ether oxygens (including phenoxy) is 1. The molecule has 0 heterocycles. The van der Waals surface area contributed by atoms with Gasteiger partial charge in [0, 0.05) is 12.1 Å². The van der Waals surface area contributed by atoms with Crippen LogP contribution in [0.2, 0.25) is 0 Å². The molecule has 1 rings (SSSR count). The van der Waals surface area contributed by atoms with Crippen molar-refractivity contribution in [1.82, 2.24) is 5.32 Å². The second kappa shape index (κ2) is 6.94. The lowest BCUT2D eigenvalue weighted by Gasteiger charge is -2.08. The first-order valence-electron chi connectivity index (χ1n) is 6.14. The number of rotatable bonds is 6. The molecule has 17 heavy (non-hydrogen) atoms. The minimum absolute atomic E-state index is 0.0197. The van der Waals surface area contributed by atoms with Gasteiger partial charge in [-0.2, -0.15) is 0 Å². The number of nitrogens with one attached hydrogen (secondary N) is 1. The van der Waals surface area contributed by atoms with Crippen LogP contribution in [0.4, 0.5) is 0 Å². The van der Waals surface area contributed by atoms with Crippen LogP contribution in [0.5, 0.6) is 5.75 Å². The van der Waals surface area contributed by atoms with E-state index in [1.807, 2.05) is 19.1 Å². The van der Waals surface area contributed by atoms with Gasteiger partial charge >= 0.3 is 0 Å². The first-order valence-corrected chi connectivity index (χ1v) is 6.14. The van der Waals surface area contributed by atoms with Crippen LogP contribution in [0.15, 0.2) is 24.3 Å². The van der Waals surface area contributed by atoms with Gasteiger partial charge in [-0.15, -0.1) is 0 Å². The Hall–Kier alpha value is -1.51. The maximum Gasteiger partial charge on any atom is 0.251 e. The van der Waals surface area contributed by atoms with Gasteiger partial charge in [-0.05, 0) is 43.5 Å². The highest BCUT2D eigenvalue weighted by atomic mass is 16.5. The van der Waals surface area contributed by atoms with Gasteiger partial charge in [0.15, 0.2) is 0 Å². The van der Waals surface area contributed by atoms with Crippen molar-refractivity contribution in [2.45, 2.75) is 27.2 Å². The molecule has 0 aliphatic carbocycles. The van der Waals surface area contributed by atoms with Gasteiger partial charge in [0.05, 0.1) is 6.61 Å². The summed E-state index contributed by atoms with van der Waals surface area (Å²) in [6.45, 7) is 7.59. The Labute approximate surface area is 103 Å². The molecule has 0 aliphatic heterocycles. The summed E-state index contributed by atoms with van der Waals surface area (Å²) in [5.74, 6) is 1.38. The Bertz CT molecular complexity index is 344. The van der Waals surface area contributed by atoms with Crippen molar-refractivity contribution in [1.29, 1.82) is 0 Å². The molecule has 3 nitrogen and oxygen atoms in total. The van der Waals surface area contributed by atoms with Gasteiger partial charge < -0.3 is 10.1 Å². The first-order chi connectivity index (χ1) is 8.13. The molecule has 3 heteroatoms. The Kier molecular flexibility index (Phi) is 5.53. The lowest BCUT2D eigenvalue weighted by molar-refractivity contribution is 0.0952. The average molecular weight is 235 g/mol. The number of amides is 1. The first kappa shape index (κ1) is 13.6. The van der Waals surface area contributed by atoms with E-state index in [-0.39, 0.29) is 5.91 Å². The van der Waals surface area contributed by atoms with Crippen LogP contribution in [-0.2, 0) is 0 Å². The zero-order valence-corrected chi connectivity index (χ0v) is 10.8. The highest BCUT2D eigenvalue weighted by Crippen LogP contribution is 2.11. The molecule has 0 saturated heterocycles. The van der Waals surface area contributed by atoms with E-state index in [2.05, 4.69) is 19.2 Å². The normalized spacial score (nSPS) is 10.4. The van der Waals surface area contributed by atoms with E-state index >= 15 is 0 Å². The van der Waals surface area contributed by atoms with E-state index in [1.165, 1.54) is 0 Å². The third-order valence-corrected chi connectivity index (χ3v) is 2.43. The minimum Gasteiger partial charge on any atom is -0.494 e. The van der Waals surface area contributed by atoms with E-state index in [9.17, 15) is 4.79 Å². The van der Waals surface area contributed by atoms with Crippen molar-refractivity contribution >= 4 is 5.91 Å². The Balaban J connectivity index is 2.46. The van der Waals surface area contributed by atoms with Crippen LogP contribution in [0.1, 0.15) is 37.6 Å². The predicted octanol–water partition coefficient (Wildman–Crippen LogP) is 2.86. The summed E-state index contributed by atoms with van der Waals surface area (Å²) in [5, 5.41) is 2.90. The van der Waals surface area contributed by atoms with E-state index in [0.29, 0.717) is 18.1 Å². The fraction of sp³-hybridized carbons (Fsp3) is 0.500. The Morgan fingerprint density at radius 2 is 1.94 bits per heavy atom. The molecule has 0 fully saturated rings. The minimum atomic E-state index is -0.0197. The van der Waals surface area contributed by atoms with Crippen molar-refractivity contribution in [2.24, 2.45) is 5.92 Å². The molecule has 1 aromatic rings. The van der Waals surface area contributed by atoms with E-state index in [4.69, 9.17) is 4.74 Å². The predicted molar refractivity (Wildman–Crippen MR) is 69.4 cm³/mol. The van der Waals surface area contributed by atoms with Crippen molar-refractivity contribution in [3.05, 3.63) is 29.8 Å². The summed E-state index contributed by atoms with van der Waals surface area (Å²) in [7, 11) is 0. The molecule has 1 N–H and O–H groups in total. The van der Waals surface area contributed by atoms with Crippen LogP contribution in [-0.4, -0.2) is 19.1 Å². The fourth-order valence-corrected chi connectivity index (χ4v) is 1.45. The molecule has 0 aromatic heterocycles. The van der Waals surface area contributed by atoms with Gasteiger partial charge in [0.1, 0.15) is 5.75 Å². The van der Waals surface area contributed by atoms with Gasteiger partial charge in [-0.25, -0.2) is 0 Å².